The molecule has 1 aliphatic heterocycles. The Hall–Kier alpha value is -2.63. The van der Waals surface area contributed by atoms with Crippen molar-refractivity contribution in [3.8, 4) is 11.5 Å². The van der Waals surface area contributed by atoms with Crippen LogP contribution in [-0.4, -0.2) is 62.9 Å². The molecule has 1 unspecified atom stereocenters. The van der Waals surface area contributed by atoms with Crippen LogP contribution in [0.25, 0.3) is 11.5 Å². The smallest absolute Gasteiger partial charge is 0.350 e. The molecule has 1 aliphatic rings. The van der Waals surface area contributed by atoms with Crippen LogP contribution in [0.2, 0.25) is 10.0 Å². The summed E-state index contributed by atoms with van der Waals surface area (Å²) in [6.07, 6.45) is 3.78. The molecule has 176 valence electrons. The van der Waals surface area contributed by atoms with Crippen LogP contribution in [0, 0.1) is 6.92 Å². The van der Waals surface area contributed by atoms with Gasteiger partial charge in [-0.3, -0.25) is 4.79 Å². The first-order chi connectivity index (χ1) is 15.8. The van der Waals surface area contributed by atoms with Gasteiger partial charge in [-0.1, -0.05) is 34.5 Å². The van der Waals surface area contributed by atoms with E-state index in [1.807, 2.05) is 0 Å². The number of ether oxygens (including phenoxy) is 1. The van der Waals surface area contributed by atoms with Crippen LogP contribution >= 0.6 is 34.5 Å². The van der Waals surface area contributed by atoms with E-state index in [9.17, 15) is 9.59 Å². The Labute approximate surface area is 204 Å². The van der Waals surface area contributed by atoms with E-state index in [4.69, 9.17) is 32.9 Å². The number of amides is 1. The third-order valence-corrected chi connectivity index (χ3v) is 7.57. The van der Waals surface area contributed by atoms with Crippen LogP contribution in [0.15, 0.2) is 6.33 Å². The van der Waals surface area contributed by atoms with Crippen LogP contribution in [-0.2, 0) is 11.8 Å². The molecule has 0 aromatic carbocycles. The topological polar surface area (TPSA) is 118 Å². The van der Waals surface area contributed by atoms with E-state index in [2.05, 4.69) is 25.3 Å². The number of carbonyl (C=O) groups is 2. The fourth-order valence-corrected chi connectivity index (χ4v) is 5.20. The molecule has 13 heteroatoms. The van der Waals surface area contributed by atoms with Gasteiger partial charge in [-0.25, -0.2) is 19.4 Å². The largest absolute Gasteiger partial charge is 0.465 e. The van der Waals surface area contributed by atoms with Gasteiger partial charge in [0.1, 0.15) is 22.6 Å². The standard InChI is InChI=1S/C20H23Cl2N7O3S/c1-10-12(21)13(22)14(25-10)18(30)26-11-5-4-7-29(8-6-11)20-27-15(16(33-20)19(31)32-3)17-23-9-24-28(17)2/h9,11,25H,4-8H2,1-3H3,(H,26,30). The summed E-state index contributed by atoms with van der Waals surface area (Å²) in [5, 5.41) is 8.42. The quantitative estimate of drug-likeness (QED) is 0.503. The molecular weight excluding hydrogens is 489 g/mol. The number of aryl methyl sites for hydroxylation is 2. The van der Waals surface area contributed by atoms with Crippen molar-refractivity contribution in [1.29, 1.82) is 0 Å². The lowest BCUT2D eigenvalue weighted by Gasteiger charge is -2.19. The van der Waals surface area contributed by atoms with Crippen LogP contribution in [0.4, 0.5) is 5.13 Å². The highest BCUT2D eigenvalue weighted by molar-refractivity contribution is 7.17. The van der Waals surface area contributed by atoms with E-state index in [1.54, 1.807) is 18.7 Å². The van der Waals surface area contributed by atoms with Gasteiger partial charge in [-0.05, 0) is 26.2 Å². The number of anilines is 1. The number of nitrogens with zero attached hydrogens (tertiary/aromatic N) is 5. The van der Waals surface area contributed by atoms with E-state index in [1.165, 1.54) is 24.8 Å². The number of H-pyrrole nitrogens is 1. The van der Waals surface area contributed by atoms with Crippen molar-refractivity contribution < 1.29 is 14.3 Å². The zero-order valence-electron chi connectivity index (χ0n) is 18.3. The fraction of sp³-hybridized carbons (Fsp3) is 0.450. The molecule has 1 saturated heterocycles. The summed E-state index contributed by atoms with van der Waals surface area (Å²) >= 11 is 13.5. The van der Waals surface area contributed by atoms with Gasteiger partial charge in [-0.2, -0.15) is 5.10 Å². The molecule has 0 spiro atoms. The number of carbonyl (C=O) groups excluding carboxylic acids is 2. The third-order valence-electron chi connectivity index (χ3n) is 5.52. The Morgan fingerprint density at radius 2 is 2.06 bits per heavy atom. The van der Waals surface area contributed by atoms with Gasteiger partial charge in [-0.15, -0.1) is 0 Å². The second-order valence-electron chi connectivity index (χ2n) is 7.71. The molecule has 0 bridgehead atoms. The molecule has 1 atom stereocenters. The summed E-state index contributed by atoms with van der Waals surface area (Å²) in [5.74, 6) is -0.247. The molecule has 3 aromatic heterocycles. The molecule has 0 saturated carbocycles. The number of methoxy groups -OCH3 is 1. The average molecular weight is 512 g/mol. The van der Waals surface area contributed by atoms with Gasteiger partial charge in [0.05, 0.1) is 17.2 Å². The van der Waals surface area contributed by atoms with Crippen molar-refractivity contribution in [2.24, 2.45) is 7.05 Å². The highest BCUT2D eigenvalue weighted by Gasteiger charge is 2.28. The molecule has 4 heterocycles. The Morgan fingerprint density at radius 1 is 1.27 bits per heavy atom. The van der Waals surface area contributed by atoms with E-state index >= 15 is 0 Å². The van der Waals surface area contributed by atoms with E-state index in [-0.39, 0.29) is 22.7 Å². The Balaban J connectivity index is 1.49. The van der Waals surface area contributed by atoms with Gasteiger partial charge >= 0.3 is 5.97 Å². The average Bonchev–Trinajstić information content (AvgIpc) is 3.43. The molecule has 4 rings (SSSR count). The Kier molecular flexibility index (Phi) is 6.91. The van der Waals surface area contributed by atoms with Crippen molar-refractivity contribution in [2.75, 3.05) is 25.1 Å². The Morgan fingerprint density at radius 3 is 2.70 bits per heavy atom. The van der Waals surface area contributed by atoms with E-state index < -0.39 is 5.97 Å². The maximum Gasteiger partial charge on any atom is 0.350 e. The number of hydrogen-bond donors (Lipinski definition) is 2. The molecular formula is C20H23Cl2N7O3S. The summed E-state index contributed by atoms with van der Waals surface area (Å²) in [7, 11) is 3.08. The lowest BCUT2D eigenvalue weighted by Crippen LogP contribution is -2.36. The van der Waals surface area contributed by atoms with Crippen molar-refractivity contribution in [2.45, 2.75) is 32.2 Å². The molecule has 0 aliphatic carbocycles. The van der Waals surface area contributed by atoms with Gasteiger partial charge in [0, 0.05) is 31.9 Å². The van der Waals surface area contributed by atoms with Crippen molar-refractivity contribution in [3.63, 3.8) is 0 Å². The number of aromatic nitrogens is 5. The van der Waals surface area contributed by atoms with Gasteiger partial charge in [0.25, 0.3) is 5.91 Å². The minimum Gasteiger partial charge on any atom is -0.465 e. The molecule has 3 aromatic rings. The second kappa shape index (κ2) is 9.70. The van der Waals surface area contributed by atoms with Gasteiger partial charge in [0.15, 0.2) is 11.0 Å². The lowest BCUT2D eigenvalue weighted by atomic mass is 10.1. The minimum absolute atomic E-state index is 0.0285. The van der Waals surface area contributed by atoms with Crippen LogP contribution in [0.3, 0.4) is 0 Å². The summed E-state index contributed by atoms with van der Waals surface area (Å²) in [5.41, 5.74) is 1.38. The highest BCUT2D eigenvalue weighted by Crippen LogP contribution is 2.34. The third kappa shape index (κ3) is 4.71. The minimum atomic E-state index is -0.464. The number of thiazole rings is 1. The monoisotopic (exact) mass is 511 g/mol. The first-order valence-electron chi connectivity index (χ1n) is 10.3. The van der Waals surface area contributed by atoms with Crippen molar-refractivity contribution >= 4 is 51.5 Å². The first kappa shape index (κ1) is 23.5. The molecule has 0 radical (unpaired) electrons. The lowest BCUT2D eigenvalue weighted by molar-refractivity contribution is 0.0606. The summed E-state index contributed by atoms with van der Waals surface area (Å²) in [6.45, 7) is 3.17. The van der Waals surface area contributed by atoms with Gasteiger partial charge < -0.3 is 19.9 Å². The molecule has 2 N–H and O–H groups in total. The molecule has 10 nitrogen and oxygen atoms in total. The zero-order valence-corrected chi connectivity index (χ0v) is 20.6. The van der Waals surface area contributed by atoms with Crippen molar-refractivity contribution in [3.05, 3.63) is 32.6 Å². The highest BCUT2D eigenvalue weighted by atomic mass is 35.5. The van der Waals surface area contributed by atoms with E-state index in [0.717, 1.165) is 19.4 Å². The van der Waals surface area contributed by atoms with E-state index in [0.29, 0.717) is 45.2 Å². The number of rotatable bonds is 5. The van der Waals surface area contributed by atoms with Crippen molar-refractivity contribution in [1.82, 2.24) is 30.0 Å². The number of aromatic amines is 1. The predicted molar refractivity (Wildman–Crippen MR) is 126 cm³/mol. The number of esters is 1. The summed E-state index contributed by atoms with van der Waals surface area (Å²) in [4.78, 5) is 39.4. The predicted octanol–water partition coefficient (Wildman–Crippen LogP) is 3.46. The maximum absolute atomic E-state index is 12.7. The normalized spacial score (nSPS) is 16.5. The summed E-state index contributed by atoms with van der Waals surface area (Å²) < 4.78 is 6.52. The Bertz CT molecular complexity index is 1190. The molecule has 1 fully saturated rings. The SMILES string of the molecule is COC(=O)c1sc(N2CCCC(NC(=O)c3[nH]c(C)c(Cl)c3Cl)CC2)nc1-c1ncnn1C. The summed E-state index contributed by atoms with van der Waals surface area (Å²) in [6, 6.07) is -0.0285. The first-order valence-corrected chi connectivity index (χ1v) is 11.9. The van der Waals surface area contributed by atoms with Crippen LogP contribution in [0.5, 0.6) is 0 Å². The zero-order chi connectivity index (χ0) is 23.7. The van der Waals surface area contributed by atoms with Gasteiger partial charge in [0.2, 0.25) is 0 Å². The van der Waals surface area contributed by atoms with Crippen LogP contribution < -0.4 is 10.2 Å². The van der Waals surface area contributed by atoms with Crippen LogP contribution in [0.1, 0.15) is 45.1 Å². The fourth-order valence-electron chi connectivity index (χ4n) is 3.75. The number of hydrogen-bond acceptors (Lipinski definition) is 8. The second-order valence-corrected chi connectivity index (χ2v) is 9.45. The number of nitrogens with one attached hydrogen (secondary N) is 2. The number of halogens is 2. The molecule has 33 heavy (non-hydrogen) atoms. The maximum atomic E-state index is 12.7. The molecule has 1 amide bonds.